The normalized spacial score (nSPS) is 15.5. The first-order valence-corrected chi connectivity index (χ1v) is 19.7. The Hall–Kier alpha value is -4.97. The van der Waals surface area contributed by atoms with Gasteiger partial charge in [0.1, 0.15) is 0 Å². The standard InChI is InChI=1S/C51H49F2N4.Ir/c1-47(2,3)36-24-19-33(20-25-36)45-55-44(56-46(57-45)34-21-26-37(27-22-34)48(4,5)6)32-17-15-31(16-18-32)40-30-54-43(39-14-12-11-13-38(39)40)35-23-28-41-42(29-35)50(9,10)51(52,53)49(41,7)8;/h11-22,24-30H,1-10H3;/q-1;. The first-order chi connectivity index (χ1) is 26.8. The van der Waals surface area contributed by atoms with Crippen LogP contribution in [0.2, 0.25) is 0 Å². The summed E-state index contributed by atoms with van der Waals surface area (Å²) in [6.07, 6.45) is 1.87. The Morgan fingerprint density at radius 2 is 0.948 bits per heavy atom. The minimum atomic E-state index is -2.92. The molecule has 0 atom stereocenters. The van der Waals surface area contributed by atoms with Gasteiger partial charge in [-0.05, 0) is 44.0 Å². The average molecular weight is 948 g/mol. The summed E-state index contributed by atoms with van der Waals surface area (Å²) in [6.45, 7) is 19.8. The summed E-state index contributed by atoms with van der Waals surface area (Å²) in [5.41, 5.74) is 7.28. The quantitative estimate of drug-likeness (QED) is 0.161. The number of nitrogens with zero attached hydrogens (tertiary/aromatic N) is 4. The zero-order valence-electron chi connectivity index (χ0n) is 34.8. The van der Waals surface area contributed by atoms with Crippen LogP contribution in [0.5, 0.6) is 0 Å². The number of fused-ring (bicyclic) bond motifs is 2. The second kappa shape index (κ2) is 14.4. The molecule has 1 radical (unpaired) electrons. The van der Waals surface area contributed by atoms with E-state index in [-0.39, 0.29) is 30.9 Å². The van der Waals surface area contributed by atoms with E-state index in [1.54, 1.807) is 33.8 Å². The minimum absolute atomic E-state index is 0. The van der Waals surface area contributed by atoms with Gasteiger partial charge in [-0.25, -0.2) is 23.7 Å². The van der Waals surface area contributed by atoms with Crippen molar-refractivity contribution in [1.29, 1.82) is 0 Å². The van der Waals surface area contributed by atoms with Crippen molar-refractivity contribution in [2.75, 3.05) is 0 Å². The maximum Gasteiger partial charge on any atom is 0.256 e. The largest absolute Gasteiger partial charge is 0.303 e. The topological polar surface area (TPSA) is 51.6 Å². The molecule has 0 unspecified atom stereocenters. The molecule has 7 heteroatoms. The molecule has 0 saturated heterocycles. The van der Waals surface area contributed by atoms with E-state index in [2.05, 4.69) is 114 Å². The van der Waals surface area contributed by atoms with Crippen molar-refractivity contribution in [2.45, 2.75) is 96.8 Å². The molecule has 1 aliphatic rings. The van der Waals surface area contributed by atoms with E-state index in [0.29, 0.717) is 39.9 Å². The zero-order valence-corrected chi connectivity index (χ0v) is 37.2. The maximum atomic E-state index is 15.7. The maximum absolute atomic E-state index is 15.7. The van der Waals surface area contributed by atoms with Crippen molar-refractivity contribution in [1.82, 2.24) is 19.9 Å². The molecule has 2 heterocycles. The van der Waals surface area contributed by atoms with E-state index in [0.717, 1.165) is 38.6 Å². The molecule has 0 aliphatic heterocycles. The van der Waals surface area contributed by atoms with Crippen molar-refractivity contribution >= 4 is 10.8 Å². The Morgan fingerprint density at radius 3 is 1.41 bits per heavy atom. The van der Waals surface area contributed by atoms with Crippen LogP contribution in [0.1, 0.15) is 91.5 Å². The first-order valence-electron chi connectivity index (χ1n) is 19.7. The summed E-state index contributed by atoms with van der Waals surface area (Å²) in [5.74, 6) is -1.10. The number of hydrogen-bond acceptors (Lipinski definition) is 4. The molecule has 0 saturated carbocycles. The summed E-state index contributed by atoms with van der Waals surface area (Å²) in [5, 5.41) is 1.94. The second-order valence-corrected chi connectivity index (χ2v) is 18.6. The van der Waals surface area contributed by atoms with Gasteiger partial charge in [0.2, 0.25) is 0 Å². The number of hydrogen-bond donors (Lipinski definition) is 0. The Labute approximate surface area is 355 Å². The SMILES string of the molecule is CC(C)(C)c1ccc(-c2nc(-c3ccc(-c4cnc(-c5[c-]cc6c(c5)C(C)(C)C(F)(F)C6(C)C)c5ccccc45)cc3)nc(-c3ccc(C(C)(C)C)cc3)n2)cc1.[Ir]. The van der Waals surface area contributed by atoms with E-state index in [1.165, 1.54) is 11.1 Å². The first kappa shape index (κ1) is 41.2. The number of benzene rings is 5. The number of alkyl halides is 2. The van der Waals surface area contributed by atoms with Gasteiger partial charge >= 0.3 is 0 Å². The van der Waals surface area contributed by atoms with Gasteiger partial charge in [-0.2, -0.15) is 0 Å². The third kappa shape index (κ3) is 6.90. The molecule has 7 aromatic rings. The molecule has 4 nitrogen and oxygen atoms in total. The average Bonchev–Trinajstić information content (AvgIpc) is 3.29. The van der Waals surface area contributed by atoms with Crippen molar-refractivity contribution in [2.24, 2.45) is 0 Å². The Morgan fingerprint density at radius 1 is 0.534 bits per heavy atom. The van der Waals surface area contributed by atoms with E-state index < -0.39 is 16.8 Å². The zero-order chi connectivity index (χ0) is 40.7. The van der Waals surface area contributed by atoms with Gasteiger partial charge < -0.3 is 4.98 Å². The monoisotopic (exact) mass is 948 g/mol. The molecule has 297 valence electrons. The van der Waals surface area contributed by atoms with E-state index >= 15 is 8.78 Å². The van der Waals surface area contributed by atoms with Crippen LogP contribution in [0.3, 0.4) is 0 Å². The van der Waals surface area contributed by atoms with Gasteiger partial charge in [0.15, 0.2) is 17.5 Å². The Balaban J connectivity index is 0.00000512. The van der Waals surface area contributed by atoms with E-state index in [9.17, 15) is 0 Å². The molecule has 0 amide bonds. The van der Waals surface area contributed by atoms with Gasteiger partial charge in [0, 0.05) is 59.4 Å². The van der Waals surface area contributed by atoms with E-state index in [1.807, 2.05) is 42.6 Å². The Bertz CT molecular complexity index is 2570. The molecular formula is C51H49F2IrN4-. The predicted octanol–water partition coefficient (Wildman–Crippen LogP) is 13.4. The van der Waals surface area contributed by atoms with Gasteiger partial charge in [-0.15, -0.1) is 34.9 Å². The number of aromatic nitrogens is 4. The van der Waals surface area contributed by atoms with Gasteiger partial charge in [-0.1, -0.05) is 166 Å². The van der Waals surface area contributed by atoms with Crippen LogP contribution >= 0.6 is 0 Å². The number of rotatable bonds is 5. The smallest absolute Gasteiger partial charge is 0.256 e. The van der Waals surface area contributed by atoms with Crippen molar-refractivity contribution in [3.8, 4) is 56.5 Å². The van der Waals surface area contributed by atoms with Crippen LogP contribution in [-0.4, -0.2) is 25.9 Å². The molecule has 8 rings (SSSR count). The third-order valence-corrected chi connectivity index (χ3v) is 12.0. The second-order valence-electron chi connectivity index (χ2n) is 18.6. The fraction of sp³-hybridized carbons (Fsp3) is 0.294. The molecular weight excluding hydrogens is 899 g/mol. The molecule has 0 fully saturated rings. The van der Waals surface area contributed by atoms with Gasteiger partial charge in [-0.3, -0.25) is 0 Å². The molecule has 0 N–H and O–H groups in total. The van der Waals surface area contributed by atoms with Crippen LogP contribution in [-0.2, 0) is 41.8 Å². The van der Waals surface area contributed by atoms with Crippen LogP contribution in [0, 0.1) is 6.07 Å². The molecule has 1 aliphatic carbocycles. The van der Waals surface area contributed by atoms with Crippen LogP contribution in [0.4, 0.5) is 8.78 Å². The number of halogens is 2. The van der Waals surface area contributed by atoms with Crippen LogP contribution in [0.25, 0.3) is 67.3 Å². The van der Waals surface area contributed by atoms with Crippen molar-refractivity contribution < 1.29 is 28.9 Å². The van der Waals surface area contributed by atoms with Gasteiger partial charge in [0.05, 0.1) is 0 Å². The van der Waals surface area contributed by atoms with Gasteiger partial charge in [0.25, 0.3) is 5.92 Å². The van der Waals surface area contributed by atoms with Crippen LogP contribution in [0.15, 0.2) is 115 Å². The molecule has 0 spiro atoms. The summed E-state index contributed by atoms with van der Waals surface area (Å²) in [6, 6.07) is 40.3. The fourth-order valence-electron chi connectivity index (χ4n) is 8.22. The summed E-state index contributed by atoms with van der Waals surface area (Å²) < 4.78 is 31.4. The van der Waals surface area contributed by atoms with E-state index in [4.69, 9.17) is 19.9 Å². The minimum Gasteiger partial charge on any atom is -0.303 e. The summed E-state index contributed by atoms with van der Waals surface area (Å²) >= 11 is 0. The molecule has 58 heavy (non-hydrogen) atoms. The fourth-order valence-corrected chi connectivity index (χ4v) is 8.22. The predicted molar refractivity (Wildman–Crippen MR) is 230 cm³/mol. The Kier molecular flexibility index (Phi) is 10.2. The molecule has 5 aromatic carbocycles. The summed E-state index contributed by atoms with van der Waals surface area (Å²) in [4.78, 5) is 20.0. The summed E-state index contributed by atoms with van der Waals surface area (Å²) in [7, 11) is 0. The van der Waals surface area contributed by atoms with Crippen molar-refractivity contribution in [3.05, 3.63) is 144 Å². The van der Waals surface area contributed by atoms with Crippen LogP contribution < -0.4 is 0 Å². The van der Waals surface area contributed by atoms with Crippen molar-refractivity contribution in [3.63, 3.8) is 0 Å². The molecule has 0 bridgehead atoms. The number of pyridine rings is 1. The third-order valence-electron chi connectivity index (χ3n) is 12.0. The molecule has 2 aromatic heterocycles.